The summed E-state index contributed by atoms with van der Waals surface area (Å²) in [6.07, 6.45) is 5.51. The van der Waals surface area contributed by atoms with E-state index in [-0.39, 0.29) is 0 Å². The molecule has 1 fully saturated rings. The number of halogens is 1. The second-order valence-corrected chi connectivity index (χ2v) is 6.96. The predicted octanol–water partition coefficient (Wildman–Crippen LogP) is 2.80. The van der Waals surface area contributed by atoms with Crippen molar-refractivity contribution in [3.8, 4) is 6.19 Å². The number of fused-ring (bicyclic) bond motifs is 1. The molecular formula is C19H19ClN8. The first kappa shape index (κ1) is 18.1. The smallest absolute Gasteiger partial charge is 0.212 e. The number of aromatic nitrogens is 3. The normalized spacial score (nSPS) is 15.0. The lowest BCUT2D eigenvalue weighted by Gasteiger charge is -2.36. The fourth-order valence-electron chi connectivity index (χ4n) is 3.36. The van der Waals surface area contributed by atoms with E-state index in [1.54, 1.807) is 18.5 Å². The van der Waals surface area contributed by atoms with E-state index in [4.69, 9.17) is 16.9 Å². The molecule has 28 heavy (non-hydrogen) atoms. The van der Waals surface area contributed by atoms with Crippen LogP contribution in [0.5, 0.6) is 0 Å². The van der Waals surface area contributed by atoms with E-state index in [1.807, 2.05) is 24.5 Å². The Morgan fingerprint density at radius 3 is 2.86 bits per heavy atom. The lowest BCUT2D eigenvalue weighted by Crippen LogP contribution is -2.52. The summed E-state index contributed by atoms with van der Waals surface area (Å²) in [4.78, 5) is 20.8. The number of hydrogen-bond acceptors (Lipinski definition) is 5. The Morgan fingerprint density at radius 1 is 1.29 bits per heavy atom. The Morgan fingerprint density at radius 2 is 2.11 bits per heavy atom. The zero-order valence-corrected chi connectivity index (χ0v) is 16.1. The average molecular weight is 395 g/mol. The van der Waals surface area contributed by atoms with Crippen molar-refractivity contribution in [3.63, 3.8) is 0 Å². The van der Waals surface area contributed by atoms with Gasteiger partial charge in [-0.15, -0.1) is 0 Å². The number of benzene rings is 1. The van der Waals surface area contributed by atoms with E-state index in [1.165, 1.54) is 0 Å². The highest BCUT2D eigenvalue weighted by Gasteiger charge is 2.23. The number of guanidine groups is 1. The first-order valence-electron chi connectivity index (χ1n) is 8.93. The number of nitriles is 1. The molecule has 0 amide bonds. The van der Waals surface area contributed by atoms with Crippen molar-refractivity contribution >= 4 is 40.1 Å². The van der Waals surface area contributed by atoms with Gasteiger partial charge in [0.25, 0.3) is 0 Å². The molecule has 1 aliphatic rings. The summed E-state index contributed by atoms with van der Waals surface area (Å²) in [6, 6.07) is 7.25. The number of hydrogen-bond donors (Lipinski definition) is 2. The van der Waals surface area contributed by atoms with Gasteiger partial charge in [0.05, 0.1) is 11.1 Å². The third-order valence-corrected chi connectivity index (χ3v) is 4.97. The van der Waals surface area contributed by atoms with Crippen LogP contribution in [0.4, 0.5) is 11.5 Å². The number of aryl methyl sites for hydroxylation is 1. The van der Waals surface area contributed by atoms with Gasteiger partial charge in [0.15, 0.2) is 6.19 Å². The second kappa shape index (κ2) is 7.74. The van der Waals surface area contributed by atoms with Crippen LogP contribution in [0.15, 0.2) is 41.8 Å². The highest BCUT2D eigenvalue weighted by Crippen LogP contribution is 2.26. The highest BCUT2D eigenvalue weighted by molar-refractivity contribution is 6.30. The molecule has 3 aromatic rings. The van der Waals surface area contributed by atoms with Gasteiger partial charge in [-0.1, -0.05) is 17.7 Å². The molecule has 0 saturated carbocycles. The van der Waals surface area contributed by atoms with Gasteiger partial charge in [-0.3, -0.25) is 5.32 Å². The highest BCUT2D eigenvalue weighted by atomic mass is 35.5. The summed E-state index contributed by atoms with van der Waals surface area (Å²) >= 11 is 6.04. The Balaban J connectivity index is 1.53. The Labute approximate surface area is 167 Å². The molecule has 4 rings (SSSR count). The minimum Gasteiger partial charge on any atom is -0.352 e. The van der Waals surface area contributed by atoms with Gasteiger partial charge < -0.3 is 14.8 Å². The van der Waals surface area contributed by atoms with E-state index < -0.39 is 0 Å². The van der Waals surface area contributed by atoms with Gasteiger partial charge in [-0.05, 0) is 30.7 Å². The maximum atomic E-state index is 9.13. The standard InChI is InChI=1S/C19H19ClN8/c1-13-10-22-17-16(13)18(25-12-24-17)27-5-7-28(8-6-27)19(23-11-21)26-15-4-2-3-14(20)9-15/h2-4,9-10,12H,5-8H2,1H3,(H,23,26)(H,22,24,25). The van der Waals surface area contributed by atoms with E-state index in [2.05, 4.69) is 42.0 Å². The Kier molecular flexibility index (Phi) is 5.00. The molecule has 0 atom stereocenters. The van der Waals surface area contributed by atoms with Gasteiger partial charge in [0, 0.05) is 37.4 Å². The van der Waals surface area contributed by atoms with Crippen LogP contribution in [0.25, 0.3) is 11.0 Å². The number of anilines is 1. The third kappa shape index (κ3) is 3.57. The number of H-pyrrole nitrogens is 1. The van der Waals surface area contributed by atoms with Gasteiger partial charge >= 0.3 is 0 Å². The molecule has 1 aromatic carbocycles. The topological polar surface area (TPSA) is 96.2 Å². The molecule has 8 nitrogen and oxygen atoms in total. The molecule has 2 N–H and O–H groups in total. The van der Waals surface area contributed by atoms with Crippen molar-refractivity contribution in [2.45, 2.75) is 6.92 Å². The summed E-state index contributed by atoms with van der Waals surface area (Å²) in [7, 11) is 0. The second-order valence-electron chi connectivity index (χ2n) is 6.52. The molecule has 0 spiro atoms. The van der Waals surface area contributed by atoms with Gasteiger partial charge in [0.1, 0.15) is 17.8 Å². The molecule has 3 heterocycles. The average Bonchev–Trinajstić information content (AvgIpc) is 3.09. The number of rotatable bonds is 2. The zero-order chi connectivity index (χ0) is 19.5. The van der Waals surface area contributed by atoms with Crippen molar-refractivity contribution in [1.82, 2.24) is 25.2 Å². The number of nitrogens with zero attached hydrogens (tertiary/aromatic N) is 6. The predicted molar refractivity (Wildman–Crippen MR) is 110 cm³/mol. The van der Waals surface area contributed by atoms with Crippen LogP contribution in [-0.2, 0) is 0 Å². The SMILES string of the molecule is Cc1c[nH]c2ncnc(N3CCN(C(=Nc4cccc(Cl)c4)NC#N)CC3)c12. The summed E-state index contributed by atoms with van der Waals surface area (Å²) in [6.45, 7) is 5.00. The number of piperazine rings is 1. The molecular weight excluding hydrogens is 376 g/mol. The van der Waals surface area contributed by atoms with Crippen LogP contribution in [-0.4, -0.2) is 52.0 Å². The fourth-order valence-corrected chi connectivity index (χ4v) is 3.55. The monoisotopic (exact) mass is 394 g/mol. The van der Waals surface area contributed by atoms with Crippen LogP contribution in [0, 0.1) is 18.4 Å². The molecule has 1 saturated heterocycles. The van der Waals surface area contributed by atoms with E-state index in [9.17, 15) is 0 Å². The molecule has 0 unspecified atom stereocenters. The fraction of sp³-hybridized carbons (Fsp3) is 0.263. The zero-order valence-electron chi connectivity index (χ0n) is 15.4. The van der Waals surface area contributed by atoms with E-state index >= 15 is 0 Å². The van der Waals surface area contributed by atoms with Gasteiger partial charge in [-0.25, -0.2) is 15.0 Å². The maximum absolute atomic E-state index is 9.13. The first-order chi connectivity index (χ1) is 13.7. The molecule has 0 radical (unpaired) electrons. The molecule has 9 heteroatoms. The van der Waals surface area contributed by atoms with Crippen molar-refractivity contribution in [2.24, 2.45) is 4.99 Å². The Hall–Kier alpha value is -3.31. The lowest BCUT2D eigenvalue weighted by molar-refractivity contribution is 0.377. The summed E-state index contributed by atoms with van der Waals surface area (Å²) in [5, 5.41) is 13.5. The number of aromatic amines is 1. The first-order valence-corrected chi connectivity index (χ1v) is 9.31. The minimum atomic E-state index is 0.523. The number of aliphatic imine (C=N–C) groups is 1. The van der Waals surface area contributed by atoms with Crippen LogP contribution in [0.3, 0.4) is 0 Å². The van der Waals surface area contributed by atoms with Crippen LogP contribution >= 0.6 is 11.6 Å². The van der Waals surface area contributed by atoms with Crippen molar-refractivity contribution in [2.75, 3.05) is 31.1 Å². The van der Waals surface area contributed by atoms with Crippen LogP contribution < -0.4 is 10.2 Å². The molecule has 1 aliphatic heterocycles. The molecule has 0 bridgehead atoms. The number of nitrogens with one attached hydrogen (secondary N) is 2. The van der Waals surface area contributed by atoms with E-state index in [0.29, 0.717) is 29.8 Å². The molecule has 0 aliphatic carbocycles. The third-order valence-electron chi connectivity index (χ3n) is 4.74. The quantitative estimate of drug-likeness (QED) is 0.300. The Bertz CT molecular complexity index is 1060. The summed E-state index contributed by atoms with van der Waals surface area (Å²) in [5.74, 6) is 1.46. The van der Waals surface area contributed by atoms with Crippen molar-refractivity contribution in [3.05, 3.63) is 47.4 Å². The van der Waals surface area contributed by atoms with Gasteiger partial charge in [-0.2, -0.15) is 5.26 Å². The molecule has 142 valence electrons. The van der Waals surface area contributed by atoms with Crippen LogP contribution in [0.1, 0.15) is 5.56 Å². The summed E-state index contributed by atoms with van der Waals surface area (Å²) < 4.78 is 0. The lowest BCUT2D eigenvalue weighted by atomic mass is 10.2. The van der Waals surface area contributed by atoms with Crippen molar-refractivity contribution < 1.29 is 0 Å². The molecule has 2 aromatic heterocycles. The summed E-state index contributed by atoms with van der Waals surface area (Å²) in [5.41, 5.74) is 2.68. The van der Waals surface area contributed by atoms with Gasteiger partial charge in [0.2, 0.25) is 5.96 Å². The van der Waals surface area contributed by atoms with Crippen LogP contribution in [0.2, 0.25) is 5.02 Å². The largest absolute Gasteiger partial charge is 0.352 e. The van der Waals surface area contributed by atoms with E-state index in [0.717, 1.165) is 35.5 Å². The van der Waals surface area contributed by atoms with Crippen molar-refractivity contribution in [1.29, 1.82) is 5.26 Å². The maximum Gasteiger partial charge on any atom is 0.212 e. The minimum absolute atomic E-state index is 0.523.